The zero-order valence-electron chi connectivity index (χ0n) is 12.8. The quantitative estimate of drug-likeness (QED) is 0.780. The summed E-state index contributed by atoms with van der Waals surface area (Å²) in [5, 5.41) is 0. The van der Waals surface area contributed by atoms with Crippen molar-refractivity contribution in [3.05, 3.63) is 23.3 Å². The number of ether oxygens (including phenoxy) is 2. The SMILES string of the molecule is CCC(c1cc(C)c(OC)c(OC)c1)C(C)(C)C. The van der Waals surface area contributed by atoms with E-state index in [-0.39, 0.29) is 5.41 Å². The highest BCUT2D eigenvalue weighted by Crippen LogP contribution is 2.42. The molecular formula is C16H26O2. The zero-order chi connectivity index (χ0) is 13.9. The summed E-state index contributed by atoms with van der Waals surface area (Å²) in [4.78, 5) is 0. The first kappa shape index (κ1) is 14.9. The Morgan fingerprint density at radius 1 is 1.11 bits per heavy atom. The lowest BCUT2D eigenvalue weighted by molar-refractivity contribution is 0.309. The minimum Gasteiger partial charge on any atom is -0.493 e. The molecular weight excluding hydrogens is 224 g/mol. The molecule has 0 aromatic heterocycles. The van der Waals surface area contributed by atoms with Crippen molar-refractivity contribution in [1.29, 1.82) is 0 Å². The zero-order valence-corrected chi connectivity index (χ0v) is 12.8. The van der Waals surface area contributed by atoms with E-state index in [1.165, 1.54) is 5.56 Å². The average Bonchev–Trinajstić information content (AvgIpc) is 2.27. The molecule has 2 nitrogen and oxygen atoms in total. The van der Waals surface area contributed by atoms with Crippen LogP contribution in [0.25, 0.3) is 0 Å². The third-order valence-electron chi connectivity index (χ3n) is 3.54. The van der Waals surface area contributed by atoms with Gasteiger partial charge in [-0.2, -0.15) is 0 Å². The highest BCUT2D eigenvalue weighted by molar-refractivity contribution is 5.50. The highest BCUT2D eigenvalue weighted by Gasteiger charge is 2.26. The van der Waals surface area contributed by atoms with Gasteiger partial charge in [-0.25, -0.2) is 0 Å². The molecule has 2 heteroatoms. The molecule has 102 valence electrons. The Morgan fingerprint density at radius 3 is 2.11 bits per heavy atom. The molecule has 0 heterocycles. The number of hydrogen-bond donors (Lipinski definition) is 0. The second kappa shape index (κ2) is 5.64. The van der Waals surface area contributed by atoms with Gasteiger partial charge in [-0.1, -0.05) is 33.8 Å². The van der Waals surface area contributed by atoms with Gasteiger partial charge in [-0.15, -0.1) is 0 Å². The molecule has 0 saturated heterocycles. The fourth-order valence-corrected chi connectivity index (χ4v) is 2.73. The minimum atomic E-state index is 0.251. The third-order valence-corrected chi connectivity index (χ3v) is 3.54. The number of aryl methyl sites for hydroxylation is 1. The molecule has 1 aromatic carbocycles. The standard InChI is InChI=1S/C16H26O2/c1-8-13(16(3,4)5)12-9-11(2)15(18-7)14(10-12)17-6/h9-10,13H,8H2,1-7H3. The number of methoxy groups -OCH3 is 2. The Morgan fingerprint density at radius 2 is 1.72 bits per heavy atom. The molecule has 0 aliphatic rings. The van der Waals surface area contributed by atoms with Crippen LogP contribution in [-0.2, 0) is 0 Å². The molecule has 1 rings (SSSR count). The maximum Gasteiger partial charge on any atom is 0.163 e. The molecule has 0 N–H and O–H groups in total. The molecule has 0 bridgehead atoms. The van der Waals surface area contributed by atoms with E-state index in [4.69, 9.17) is 9.47 Å². The van der Waals surface area contributed by atoms with Crippen LogP contribution in [0.5, 0.6) is 11.5 Å². The van der Waals surface area contributed by atoms with Gasteiger partial charge in [0.25, 0.3) is 0 Å². The van der Waals surface area contributed by atoms with E-state index in [1.54, 1.807) is 14.2 Å². The van der Waals surface area contributed by atoms with Gasteiger partial charge in [0.05, 0.1) is 14.2 Å². The van der Waals surface area contributed by atoms with Crippen molar-refractivity contribution in [1.82, 2.24) is 0 Å². The minimum absolute atomic E-state index is 0.251. The number of benzene rings is 1. The van der Waals surface area contributed by atoms with E-state index in [0.29, 0.717) is 5.92 Å². The Balaban J connectivity index is 3.30. The summed E-state index contributed by atoms with van der Waals surface area (Å²) < 4.78 is 10.8. The first-order valence-corrected chi connectivity index (χ1v) is 6.57. The summed E-state index contributed by atoms with van der Waals surface area (Å²) in [5.41, 5.74) is 2.72. The molecule has 1 aromatic rings. The smallest absolute Gasteiger partial charge is 0.163 e. The molecule has 0 fully saturated rings. The van der Waals surface area contributed by atoms with Gasteiger partial charge in [0, 0.05) is 0 Å². The lowest BCUT2D eigenvalue weighted by Gasteiger charge is -2.31. The van der Waals surface area contributed by atoms with E-state index in [2.05, 4.69) is 46.8 Å². The monoisotopic (exact) mass is 250 g/mol. The van der Waals surface area contributed by atoms with E-state index >= 15 is 0 Å². The second-order valence-corrected chi connectivity index (χ2v) is 5.90. The summed E-state index contributed by atoms with van der Waals surface area (Å²) in [5.74, 6) is 2.19. The lowest BCUT2D eigenvalue weighted by Crippen LogP contribution is -2.18. The average molecular weight is 250 g/mol. The van der Waals surface area contributed by atoms with E-state index in [9.17, 15) is 0 Å². The van der Waals surface area contributed by atoms with Gasteiger partial charge in [0.15, 0.2) is 11.5 Å². The summed E-state index contributed by atoms with van der Waals surface area (Å²) in [6.07, 6.45) is 1.12. The van der Waals surface area contributed by atoms with Crippen molar-refractivity contribution in [2.45, 2.75) is 47.0 Å². The van der Waals surface area contributed by atoms with Crippen molar-refractivity contribution in [3.8, 4) is 11.5 Å². The first-order valence-electron chi connectivity index (χ1n) is 6.57. The van der Waals surface area contributed by atoms with Crippen LogP contribution in [-0.4, -0.2) is 14.2 Å². The molecule has 0 spiro atoms. The predicted octanol–water partition coefficient (Wildman–Crippen LogP) is 4.55. The molecule has 1 unspecified atom stereocenters. The van der Waals surface area contributed by atoms with Crippen LogP contribution in [0.4, 0.5) is 0 Å². The van der Waals surface area contributed by atoms with Gasteiger partial charge < -0.3 is 9.47 Å². The molecule has 0 radical (unpaired) electrons. The molecule has 0 amide bonds. The molecule has 0 saturated carbocycles. The fraction of sp³-hybridized carbons (Fsp3) is 0.625. The summed E-state index contributed by atoms with van der Waals surface area (Å²) in [7, 11) is 3.38. The summed E-state index contributed by atoms with van der Waals surface area (Å²) in [6, 6.07) is 4.34. The molecule has 0 aliphatic heterocycles. The van der Waals surface area contributed by atoms with Gasteiger partial charge in [0.1, 0.15) is 0 Å². The van der Waals surface area contributed by atoms with Gasteiger partial charge >= 0.3 is 0 Å². The Labute approximate surface area is 111 Å². The van der Waals surface area contributed by atoms with Crippen molar-refractivity contribution >= 4 is 0 Å². The topological polar surface area (TPSA) is 18.5 Å². The third kappa shape index (κ3) is 2.98. The molecule has 18 heavy (non-hydrogen) atoms. The van der Waals surface area contributed by atoms with Gasteiger partial charge in [-0.05, 0) is 41.9 Å². The first-order chi connectivity index (χ1) is 8.35. The Kier molecular flexibility index (Phi) is 4.66. The van der Waals surface area contributed by atoms with Crippen molar-refractivity contribution in [2.75, 3.05) is 14.2 Å². The maximum atomic E-state index is 5.44. The largest absolute Gasteiger partial charge is 0.493 e. The van der Waals surface area contributed by atoms with E-state index < -0.39 is 0 Å². The normalized spacial score (nSPS) is 13.3. The van der Waals surface area contributed by atoms with Crippen molar-refractivity contribution in [3.63, 3.8) is 0 Å². The van der Waals surface area contributed by atoms with Crippen molar-refractivity contribution in [2.24, 2.45) is 5.41 Å². The summed E-state index contributed by atoms with van der Waals surface area (Å²) in [6.45, 7) is 11.2. The van der Waals surface area contributed by atoms with Crippen LogP contribution < -0.4 is 9.47 Å². The van der Waals surface area contributed by atoms with Crippen LogP contribution >= 0.6 is 0 Å². The van der Waals surface area contributed by atoms with Gasteiger partial charge in [-0.3, -0.25) is 0 Å². The van der Waals surface area contributed by atoms with Crippen LogP contribution in [0, 0.1) is 12.3 Å². The van der Waals surface area contributed by atoms with Crippen LogP contribution in [0.1, 0.15) is 51.2 Å². The summed E-state index contributed by atoms with van der Waals surface area (Å²) >= 11 is 0. The van der Waals surface area contributed by atoms with Crippen molar-refractivity contribution < 1.29 is 9.47 Å². The number of rotatable bonds is 4. The highest BCUT2D eigenvalue weighted by atomic mass is 16.5. The van der Waals surface area contributed by atoms with Crippen LogP contribution in [0.15, 0.2) is 12.1 Å². The second-order valence-electron chi connectivity index (χ2n) is 5.90. The lowest BCUT2D eigenvalue weighted by atomic mass is 9.74. The molecule has 0 aliphatic carbocycles. The Bertz CT molecular complexity index is 402. The van der Waals surface area contributed by atoms with Crippen LogP contribution in [0.3, 0.4) is 0 Å². The fourth-order valence-electron chi connectivity index (χ4n) is 2.73. The molecule has 1 atom stereocenters. The maximum absolute atomic E-state index is 5.44. The predicted molar refractivity (Wildman–Crippen MR) is 76.8 cm³/mol. The number of hydrogen-bond acceptors (Lipinski definition) is 2. The van der Waals surface area contributed by atoms with E-state index in [0.717, 1.165) is 23.5 Å². The van der Waals surface area contributed by atoms with Gasteiger partial charge in [0.2, 0.25) is 0 Å². The van der Waals surface area contributed by atoms with Crippen LogP contribution in [0.2, 0.25) is 0 Å². The Hall–Kier alpha value is -1.18. The van der Waals surface area contributed by atoms with E-state index in [1.807, 2.05) is 0 Å².